The molecule has 4 rings (SSSR count). The average Bonchev–Trinajstić information content (AvgIpc) is 0.840. The maximum atomic E-state index is 14.9. The van der Waals surface area contributed by atoms with E-state index in [1.54, 1.807) is 163 Å². The fraction of sp³-hybridized carbons (Fsp3) is 0.481. The van der Waals surface area contributed by atoms with Gasteiger partial charge in [-0.15, -0.1) is 0 Å². The number of carbonyl (C=O) groups is 16. The SMILES string of the molecule is CC(C)C[C@H](NC(=O)[C@@H](NC(=O)CNC(=O)[C@H](CCC(N)=O)NC(=O)[C@@H](N)Cc1ccccc1)C(C)C)C(=O)N[C@@H](CCC(N)=O)C(=O)N[C@@H](CC(N)=O)C(=O)N[C@H](C(=O)N[C@@H](CCCNC(=N)N)C(=O)N[C@@H](Cc1ccccc1)C(=O)N[C@@H](Cc1ccccc1)C(=O)N[C@H](C(=O)N[C@@H](Cc1ccccc1)C(=O)O)C(C)C)C(C)C. The maximum absolute atomic E-state index is 14.9. The normalized spacial score (nSPS) is 14.2. The van der Waals surface area contributed by atoms with Crippen molar-refractivity contribution in [3.8, 4) is 0 Å². The first-order chi connectivity index (χ1) is 54.3. The molecule has 0 saturated heterocycles. The van der Waals surface area contributed by atoms with E-state index in [4.69, 9.17) is 34.1 Å². The van der Waals surface area contributed by atoms with Crippen molar-refractivity contribution in [2.24, 2.45) is 52.3 Å². The number of nitrogens with two attached hydrogens (primary N) is 5. The number of carboxylic acid groups (broad SMARTS) is 1. The molecule has 36 heteroatoms. The van der Waals surface area contributed by atoms with Gasteiger partial charge in [-0.3, -0.25) is 77.3 Å². The first kappa shape index (κ1) is 95.0. The molecule has 115 heavy (non-hydrogen) atoms. The molecule has 0 fully saturated rings. The lowest BCUT2D eigenvalue weighted by atomic mass is 9.99. The van der Waals surface area contributed by atoms with Gasteiger partial charge in [0.15, 0.2) is 5.96 Å². The van der Waals surface area contributed by atoms with E-state index in [0.717, 1.165) is 5.56 Å². The Hall–Kier alpha value is -12.4. The van der Waals surface area contributed by atoms with Gasteiger partial charge in [0.1, 0.15) is 66.5 Å². The van der Waals surface area contributed by atoms with E-state index < -0.39 is 217 Å². The Morgan fingerprint density at radius 1 is 0.348 bits per heavy atom. The predicted octanol–water partition coefficient (Wildman–Crippen LogP) is -2.50. The van der Waals surface area contributed by atoms with E-state index in [1.165, 1.54) is 13.8 Å². The average molecular weight is 1600 g/mol. The Balaban J connectivity index is 1.58. The predicted molar refractivity (Wildman–Crippen MR) is 424 cm³/mol. The second-order valence-electron chi connectivity index (χ2n) is 29.5. The van der Waals surface area contributed by atoms with Gasteiger partial charge in [-0.25, -0.2) is 4.79 Å². The Morgan fingerprint density at radius 3 is 1.07 bits per heavy atom. The van der Waals surface area contributed by atoms with Crippen LogP contribution in [0.25, 0.3) is 0 Å². The molecule has 0 aliphatic rings. The van der Waals surface area contributed by atoms with E-state index in [2.05, 4.69) is 69.1 Å². The number of carboxylic acids is 1. The molecule has 0 heterocycles. The van der Waals surface area contributed by atoms with Crippen LogP contribution < -0.4 is 97.8 Å². The molecule has 0 aromatic heterocycles. The molecule has 0 radical (unpaired) electrons. The van der Waals surface area contributed by atoms with Gasteiger partial charge in [0.25, 0.3) is 0 Å². The zero-order chi connectivity index (χ0) is 85.6. The van der Waals surface area contributed by atoms with Crippen molar-refractivity contribution in [3.05, 3.63) is 144 Å². The smallest absolute Gasteiger partial charge is 0.326 e. The zero-order valence-corrected chi connectivity index (χ0v) is 66.1. The Bertz CT molecular complexity index is 3970. The molecule has 12 atom stereocenters. The first-order valence-electron chi connectivity index (χ1n) is 38.0. The minimum atomic E-state index is -1.91. The van der Waals surface area contributed by atoms with Crippen LogP contribution in [0.3, 0.4) is 0 Å². The Morgan fingerprint density at radius 2 is 0.670 bits per heavy atom. The van der Waals surface area contributed by atoms with Crippen LogP contribution in [-0.4, -0.2) is 191 Å². The lowest BCUT2D eigenvalue weighted by Crippen LogP contribution is -2.62. The zero-order valence-electron chi connectivity index (χ0n) is 66.1. The van der Waals surface area contributed by atoms with Crippen molar-refractivity contribution >= 4 is 101 Å². The highest BCUT2D eigenvalue weighted by Crippen LogP contribution is 2.16. The largest absolute Gasteiger partial charge is 0.480 e. The van der Waals surface area contributed by atoms with E-state index in [1.807, 2.05) is 0 Å². The summed E-state index contributed by atoms with van der Waals surface area (Å²) >= 11 is 0. The van der Waals surface area contributed by atoms with Crippen molar-refractivity contribution < 1.29 is 81.8 Å². The summed E-state index contributed by atoms with van der Waals surface area (Å²) in [4.78, 5) is 220. The summed E-state index contributed by atoms with van der Waals surface area (Å²) in [6.45, 7) is 12.1. The molecule has 0 saturated carbocycles. The second kappa shape index (κ2) is 48.5. The minimum Gasteiger partial charge on any atom is -0.480 e. The number of benzene rings is 4. The molecular formula is C79H113N19O17. The molecule has 0 aliphatic carbocycles. The monoisotopic (exact) mass is 1600 g/mol. The summed E-state index contributed by atoms with van der Waals surface area (Å²) in [5.74, 6) is -18.4. The minimum absolute atomic E-state index is 0.00327. The van der Waals surface area contributed by atoms with Crippen LogP contribution in [-0.2, 0) is 102 Å². The van der Waals surface area contributed by atoms with Crippen molar-refractivity contribution in [2.45, 2.75) is 205 Å². The molecule has 0 spiro atoms. The van der Waals surface area contributed by atoms with Gasteiger partial charge in [0.05, 0.1) is 19.0 Å². The number of guanidine groups is 1. The summed E-state index contributed by atoms with van der Waals surface area (Å²) in [5.41, 5.74) is 30.6. The van der Waals surface area contributed by atoms with Crippen molar-refractivity contribution in [2.75, 3.05) is 13.1 Å². The van der Waals surface area contributed by atoms with Gasteiger partial charge in [0.2, 0.25) is 88.6 Å². The fourth-order valence-electron chi connectivity index (χ4n) is 11.9. The highest BCUT2D eigenvalue weighted by Gasteiger charge is 2.39. The molecule has 36 nitrogen and oxygen atoms in total. The van der Waals surface area contributed by atoms with Crippen LogP contribution in [0.2, 0.25) is 0 Å². The molecule has 626 valence electrons. The number of aliphatic carboxylic acids is 1. The third kappa shape index (κ3) is 35.1. The summed E-state index contributed by atoms with van der Waals surface area (Å²) in [7, 11) is 0. The van der Waals surface area contributed by atoms with Crippen LogP contribution in [0, 0.1) is 29.1 Å². The highest BCUT2D eigenvalue weighted by molar-refractivity contribution is 6.01. The molecule has 15 amide bonds. The van der Waals surface area contributed by atoms with Gasteiger partial charge < -0.3 is 103 Å². The fourth-order valence-corrected chi connectivity index (χ4v) is 11.9. The number of nitrogens with one attached hydrogen (secondary N) is 14. The van der Waals surface area contributed by atoms with Crippen LogP contribution in [0.5, 0.6) is 0 Å². The summed E-state index contributed by atoms with van der Waals surface area (Å²) in [5, 5.41) is 51.2. The molecule has 0 aliphatic heterocycles. The number of hydrogen-bond donors (Lipinski definition) is 20. The lowest BCUT2D eigenvalue weighted by molar-refractivity contribution is -0.142. The van der Waals surface area contributed by atoms with Crippen LogP contribution in [0.1, 0.15) is 129 Å². The number of amides is 15. The Labute approximate surface area is 668 Å². The maximum Gasteiger partial charge on any atom is 0.326 e. The quantitative estimate of drug-likeness (QED) is 0.0123. The third-order valence-electron chi connectivity index (χ3n) is 18.2. The second-order valence-corrected chi connectivity index (χ2v) is 29.5. The Kier molecular flexibility index (Phi) is 40.1. The topological polar surface area (TPSA) is 604 Å². The summed E-state index contributed by atoms with van der Waals surface area (Å²) in [6, 6.07) is 16.6. The van der Waals surface area contributed by atoms with Crippen molar-refractivity contribution in [1.29, 1.82) is 5.41 Å². The van der Waals surface area contributed by atoms with Gasteiger partial charge in [-0.05, 0) is 84.5 Å². The molecule has 25 N–H and O–H groups in total. The number of carbonyl (C=O) groups excluding carboxylic acids is 15. The molecule has 4 aromatic rings. The highest BCUT2D eigenvalue weighted by atomic mass is 16.4. The number of primary amides is 3. The van der Waals surface area contributed by atoms with E-state index in [0.29, 0.717) is 16.7 Å². The molecule has 4 aromatic carbocycles. The van der Waals surface area contributed by atoms with Crippen molar-refractivity contribution in [1.82, 2.24) is 69.1 Å². The van der Waals surface area contributed by atoms with E-state index >= 15 is 0 Å². The molecule has 0 bridgehead atoms. The van der Waals surface area contributed by atoms with Gasteiger partial charge >= 0.3 is 5.97 Å². The van der Waals surface area contributed by atoms with Crippen molar-refractivity contribution in [3.63, 3.8) is 0 Å². The van der Waals surface area contributed by atoms with Gasteiger partial charge in [0, 0.05) is 38.6 Å². The van der Waals surface area contributed by atoms with E-state index in [-0.39, 0.29) is 70.3 Å². The van der Waals surface area contributed by atoms with Crippen LogP contribution >= 0.6 is 0 Å². The number of hydrogen-bond acceptors (Lipinski definition) is 18. The van der Waals surface area contributed by atoms with Crippen LogP contribution in [0.15, 0.2) is 121 Å². The molecule has 0 unspecified atom stereocenters. The van der Waals surface area contributed by atoms with Gasteiger partial charge in [-0.1, -0.05) is 177 Å². The first-order valence-corrected chi connectivity index (χ1v) is 38.0. The van der Waals surface area contributed by atoms with Crippen LogP contribution in [0.4, 0.5) is 0 Å². The van der Waals surface area contributed by atoms with Gasteiger partial charge in [-0.2, -0.15) is 0 Å². The molecular weight excluding hydrogens is 1490 g/mol. The lowest BCUT2D eigenvalue weighted by Gasteiger charge is -2.30. The summed E-state index contributed by atoms with van der Waals surface area (Å²) in [6.07, 6.45) is -3.12. The standard InChI is InChI=1S/C79H113N19O17/c1-43(2)36-55(94-75(111)64(44(3)4)96-63(102)42-87-68(104)53(31-33-60(81)99)88-67(103)51(80)37-47-22-13-9-14-23-47)71(107)89-54(32-34-61(82)100)70(106)93-58(41-62(83)101)74(110)98-65(45(5)6)76(112)90-52(30-21-35-86-79(84)85)69(105)91-56(38-48-24-15-10-16-25-48)72(108)92-57(39-49-26-17-11-18-27-49)73(109)97-66(46(7)8)77(113)95-59(78(114)115)40-50-28-19-12-20-29-50/h9-20,22-29,43-46,51-59,64-66H,21,30-42,80H2,1-8H3,(H2,81,99)(H2,82,100)(H2,83,101)(H,87,104)(H,88,103)(H,89,107)(H,90,112)(H,91,105)(H,92,108)(H,93,106)(H,94,111)(H,95,113)(H,96,102)(H,97,109)(H,98,110)(H,114,115)(H4,84,85,86)/t51-,52-,53-,54-,55-,56-,57-,58-,59-,64-,65-,66-/m0/s1. The van der Waals surface area contributed by atoms with E-state index in [9.17, 15) is 81.8 Å². The summed E-state index contributed by atoms with van der Waals surface area (Å²) < 4.78 is 0. The number of rotatable bonds is 50. The third-order valence-corrected chi connectivity index (χ3v) is 18.2.